The van der Waals surface area contributed by atoms with E-state index in [-0.39, 0.29) is 29.9 Å². The van der Waals surface area contributed by atoms with Crippen LogP contribution in [0.5, 0.6) is 0 Å². The van der Waals surface area contributed by atoms with Crippen LogP contribution in [0, 0.1) is 11.3 Å². The molecule has 1 aliphatic heterocycles. The second-order valence-electron chi connectivity index (χ2n) is 7.35. The number of hydrogen-bond acceptors (Lipinski definition) is 5. The number of esters is 1. The van der Waals surface area contributed by atoms with Crippen LogP contribution >= 0.6 is 0 Å². The second kappa shape index (κ2) is 6.84. The molecular weight excluding hydrogens is 310 g/mol. The summed E-state index contributed by atoms with van der Waals surface area (Å²) in [6, 6.07) is 0.161. The van der Waals surface area contributed by atoms with Gasteiger partial charge in [-0.05, 0) is 5.92 Å². The monoisotopic (exact) mass is 339 g/mol. The molecule has 1 aliphatic carbocycles. The van der Waals surface area contributed by atoms with Gasteiger partial charge in [-0.25, -0.2) is 0 Å². The van der Waals surface area contributed by atoms with E-state index in [4.69, 9.17) is 14.2 Å². The van der Waals surface area contributed by atoms with Crippen LogP contribution in [0.15, 0.2) is 12.2 Å². The molecule has 136 valence electrons. The third-order valence-electron chi connectivity index (χ3n) is 5.34. The molecule has 6 heteroatoms. The van der Waals surface area contributed by atoms with Gasteiger partial charge >= 0.3 is 5.97 Å². The zero-order valence-electron chi connectivity index (χ0n) is 15.4. The van der Waals surface area contributed by atoms with Crippen molar-refractivity contribution in [3.8, 4) is 0 Å². The molecular formula is C18H29NO5. The Hall–Kier alpha value is -1.40. The fourth-order valence-electron chi connectivity index (χ4n) is 4.36. The Kier molecular flexibility index (Phi) is 5.40. The predicted octanol–water partition coefficient (Wildman–Crippen LogP) is 2.13. The van der Waals surface area contributed by atoms with E-state index in [9.17, 15) is 9.59 Å². The highest BCUT2D eigenvalue weighted by Crippen LogP contribution is 2.61. The van der Waals surface area contributed by atoms with Gasteiger partial charge in [-0.1, -0.05) is 20.4 Å². The molecule has 1 unspecified atom stereocenters. The van der Waals surface area contributed by atoms with E-state index in [0.717, 1.165) is 12.8 Å². The molecule has 0 radical (unpaired) electrons. The molecule has 0 aromatic heterocycles. The molecule has 1 atom stereocenters. The molecule has 1 heterocycles. The van der Waals surface area contributed by atoms with E-state index in [2.05, 4.69) is 20.4 Å². The largest absolute Gasteiger partial charge is 0.466 e. The fourth-order valence-corrected chi connectivity index (χ4v) is 4.36. The number of hydrogen-bond donors (Lipinski definition) is 0. The van der Waals surface area contributed by atoms with Gasteiger partial charge in [0.25, 0.3) is 0 Å². The van der Waals surface area contributed by atoms with E-state index in [1.807, 2.05) is 4.90 Å². The van der Waals surface area contributed by atoms with Crippen molar-refractivity contribution in [2.45, 2.75) is 51.9 Å². The normalized spacial score (nSPS) is 23.6. The number of rotatable bonds is 7. The smallest absolute Gasteiger partial charge is 0.302 e. The van der Waals surface area contributed by atoms with Crippen LogP contribution in [0.3, 0.4) is 0 Å². The maximum atomic E-state index is 12.7. The number of methoxy groups -OCH3 is 2. The van der Waals surface area contributed by atoms with Crippen LogP contribution in [0.1, 0.15) is 40.0 Å². The van der Waals surface area contributed by atoms with Gasteiger partial charge in [-0.15, -0.1) is 0 Å². The van der Waals surface area contributed by atoms with E-state index in [1.54, 1.807) is 14.2 Å². The zero-order valence-corrected chi connectivity index (χ0v) is 15.4. The van der Waals surface area contributed by atoms with Gasteiger partial charge in [0, 0.05) is 64.0 Å². The molecule has 24 heavy (non-hydrogen) atoms. The summed E-state index contributed by atoms with van der Waals surface area (Å²) < 4.78 is 15.9. The molecule has 6 nitrogen and oxygen atoms in total. The Morgan fingerprint density at radius 1 is 1.25 bits per heavy atom. The average molecular weight is 339 g/mol. The lowest BCUT2D eigenvalue weighted by atomic mass is 9.52. The highest BCUT2D eigenvalue weighted by Gasteiger charge is 2.67. The minimum absolute atomic E-state index is 0.0428. The van der Waals surface area contributed by atoms with Gasteiger partial charge in [0.05, 0.1) is 6.61 Å². The van der Waals surface area contributed by atoms with Crippen molar-refractivity contribution < 1.29 is 23.8 Å². The van der Waals surface area contributed by atoms with Crippen molar-refractivity contribution in [3.63, 3.8) is 0 Å². The van der Waals surface area contributed by atoms with Gasteiger partial charge in [-0.2, -0.15) is 0 Å². The lowest BCUT2D eigenvalue weighted by Crippen LogP contribution is -2.76. The summed E-state index contributed by atoms with van der Waals surface area (Å²) in [6.07, 6.45) is 1.98. The van der Waals surface area contributed by atoms with Crippen LogP contribution in [0.25, 0.3) is 0 Å². The first-order chi connectivity index (χ1) is 11.2. The van der Waals surface area contributed by atoms with Crippen molar-refractivity contribution in [2.24, 2.45) is 11.3 Å². The molecule has 0 aromatic rings. The number of ether oxygens (including phenoxy) is 3. The minimum atomic E-state index is -0.505. The number of carbonyl (C=O) groups excluding carboxylic acids is 2. The standard InChI is InChI=1S/C18H29NO5/c1-12(2)15-17(9-18(10-17,22-5)23-6)11-19(15)16(21)13(3)7-8-24-14(4)20/h12,15H,3,7-11H2,1-2,4-6H3. The van der Waals surface area contributed by atoms with Gasteiger partial charge in [0.1, 0.15) is 0 Å². The first kappa shape index (κ1) is 18.9. The van der Waals surface area contributed by atoms with Crippen molar-refractivity contribution >= 4 is 11.9 Å². The van der Waals surface area contributed by atoms with E-state index >= 15 is 0 Å². The zero-order chi connectivity index (χ0) is 18.1. The van der Waals surface area contributed by atoms with E-state index in [0.29, 0.717) is 24.5 Å². The van der Waals surface area contributed by atoms with Crippen LogP contribution in [-0.4, -0.2) is 56.0 Å². The summed E-state index contributed by atoms with van der Waals surface area (Å²) in [6.45, 7) is 10.4. The predicted molar refractivity (Wildman–Crippen MR) is 89.1 cm³/mol. The molecule has 2 fully saturated rings. The molecule has 0 N–H and O–H groups in total. The number of amides is 1. The maximum Gasteiger partial charge on any atom is 0.302 e. The fraction of sp³-hybridized carbons (Fsp3) is 0.778. The Labute approximate surface area is 144 Å². The quantitative estimate of drug-likeness (QED) is 0.404. The molecule has 1 spiro atoms. The molecule has 2 aliphatic rings. The first-order valence-electron chi connectivity index (χ1n) is 8.43. The Bertz CT molecular complexity index is 516. The van der Waals surface area contributed by atoms with Gasteiger partial charge in [-0.3, -0.25) is 9.59 Å². The Morgan fingerprint density at radius 2 is 1.83 bits per heavy atom. The SMILES string of the molecule is C=C(CCOC(C)=O)C(=O)N1CC2(CC(OC)(OC)C2)C1C(C)C. The van der Waals surface area contributed by atoms with Crippen LogP contribution in [0.4, 0.5) is 0 Å². The van der Waals surface area contributed by atoms with Gasteiger partial charge in [0.15, 0.2) is 5.79 Å². The highest BCUT2D eigenvalue weighted by atomic mass is 16.7. The van der Waals surface area contributed by atoms with Gasteiger partial charge < -0.3 is 19.1 Å². The number of carbonyl (C=O) groups is 2. The van der Waals surface area contributed by atoms with Crippen molar-refractivity contribution in [3.05, 3.63) is 12.2 Å². The minimum Gasteiger partial charge on any atom is -0.466 e. The summed E-state index contributed by atoms with van der Waals surface area (Å²) in [5, 5.41) is 0. The molecule has 1 amide bonds. The van der Waals surface area contributed by atoms with Crippen molar-refractivity contribution in [2.75, 3.05) is 27.4 Å². The molecule has 0 bridgehead atoms. The van der Waals surface area contributed by atoms with Crippen LogP contribution < -0.4 is 0 Å². The second-order valence-corrected chi connectivity index (χ2v) is 7.35. The average Bonchev–Trinajstić information content (AvgIpc) is 2.44. The maximum absolute atomic E-state index is 12.7. The Balaban J connectivity index is 1.97. The first-order valence-corrected chi connectivity index (χ1v) is 8.43. The van der Waals surface area contributed by atoms with Crippen molar-refractivity contribution in [1.82, 2.24) is 4.90 Å². The summed E-state index contributed by atoms with van der Waals surface area (Å²) >= 11 is 0. The van der Waals surface area contributed by atoms with E-state index < -0.39 is 5.79 Å². The highest BCUT2D eigenvalue weighted by molar-refractivity contribution is 5.94. The summed E-state index contributed by atoms with van der Waals surface area (Å²) in [5.74, 6) is -0.549. The third kappa shape index (κ3) is 3.22. The number of likely N-dealkylation sites (tertiary alicyclic amines) is 1. The summed E-state index contributed by atoms with van der Waals surface area (Å²) in [7, 11) is 3.33. The van der Waals surface area contributed by atoms with Crippen LogP contribution in [0.2, 0.25) is 0 Å². The van der Waals surface area contributed by atoms with Crippen molar-refractivity contribution in [1.29, 1.82) is 0 Å². The molecule has 1 saturated heterocycles. The molecule has 1 saturated carbocycles. The number of nitrogens with zero attached hydrogens (tertiary/aromatic N) is 1. The summed E-state index contributed by atoms with van der Waals surface area (Å²) in [5.41, 5.74) is 0.562. The third-order valence-corrected chi connectivity index (χ3v) is 5.34. The molecule has 0 aromatic carbocycles. The topological polar surface area (TPSA) is 65.1 Å². The Morgan fingerprint density at radius 3 is 2.29 bits per heavy atom. The van der Waals surface area contributed by atoms with E-state index in [1.165, 1.54) is 6.92 Å². The summed E-state index contributed by atoms with van der Waals surface area (Å²) in [4.78, 5) is 25.4. The lowest BCUT2D eigenvalue weighted by Gasteiger charge is -2.68. The van der Waals surface area contributed by atoms with Gasteiger partial charge in [0.2, 0.25) is 5.91 Å². The lowest BCUT2D eigenvalue weighted by molar-refractivity contribution is -0.334. The van der Waals surface area contributed by atoms with Crippen LogP contribution in [-0.2, 0) is 23.8 Å². The molecule has 2 rings (SSSR count).